The maximum Gasteiger partial charge on any atom is 0.494 e. The van der Waals surface area contributed by atoms with Crippen LogP contribution in [-0.2, 0) is 37.5 Å². The highest BCUT2D eigenvalue weighted by atomic mass is 79.9. The molecule has 14 nitrogen and oxygen atoms in total. The lowest BCUT2D eigenvalue weighted by Crippen LogP contribution is -2.41. The minimum absolute atomic E-state index is 0.188. The summed E-state index contributed by atoms with van der Waals surface area (Å²) in [5.74, 6) is -0.423. The van der Waals surface area contributed by atoms with Crippen LogP contribution in [0.1, 0.15) is 96.9 Å². The molecule has 3 saturated heterocycles. The van der Waals surface area contributed by atoms with Gasteiger partial charge in [-0.25, -0.2) is 0 Å². The van der Waals surface area contributed by atoms with Crippen molar-refractivity contribution in [1.82, 2.24) is 9.97 Å². The molecule has 0 spiro atoms. The minimum Gasteiger partial charge on any atom is -0.423 e. The monoisotopic (exact) mass is 810 g/mol. The Morgan fingerprint density at radius 1 is 0.556 bits per heavy atom. The first-order valence-corrected chi connectivity index (χ1v) is 18.6. The van der Waals surface area contributed by atoms with Gasteiger partial charge in [-0.3, -0.25) is 20.2 Å². The molecule has 2 aromatic heterocycles. The van der Waals surface area contributed by atoms with Gasteiger partial charge in [-0.2, -0.15) is 9.97 Å². The van der Waals surface area contributed by atoms with Crippen LogP contribution in [0, 0.1) is 0 Å². The number of amides is 2. The summed E-state index contributed by atoms with van der Waals surface area (Å²) in [5, 5.41) is 5.01. The SMILES string of the molecule is CC(=O)Nc1nc2ccc(B3OC(C)(C)C(C)(C)O3)cc2o1.CC(=O)Nc1nc2ccc(Br)cc2o1.CC1(C)OB(B2OC(C)(C)C(C)(C)O2)OC1(C)C. The second kappa shape index (κ2) is 14.7. The average Bonchev–Trinajstić information content (AvgIpc) is 3.75. The van der Waals surface area contributed by atoms with Crippen LogP contribution in [0.15, 0.2) is 49.7 Å². The van der Waals surface area contributed by atoms with Crippen molar-refractivity contribution in [3.63, 3.8) is 0 Å². The summed E-state index contributed by atoms with van der Waals surface area (Å²) >= 11 is 3.32. The predicted molar refractivity (Wildman–Crippen MR) is 212 cm³/mol. The molecule has 5 heterocycles. The Morgan fingerprint density at radius 2 is 0.907 bits per heavy atom. The van der Waals surface area contributed by atoms with Gasteiger partial charge in [0, 0.05) is 18.3 Å². The van der Waals surface area contributed by atoms with Gasteiger partial charge in [0.15, 0.2) is 11.2 Å². The molecule has 54 heavy (non-hydrogen) atoms. The molecule has 0 saturated carbocycles. The van der Waals surface area contributed by atoms with Crippen molar-refractivity contribution in [2.24, 2.45) is 0 Å². The number of anilines is 2. The van der Waals surface area contributed by atoms with E-state index in [9.17, 15) is 9.59 Å². The quantitative estimate of drug-likeness (QED) is 0.206. The highest BCUT2D eigenvalue weighted by Crippen LogP contribution is 2.43. The van der Waals surface area contributed by atoms with Crippen molar-refractivity contribution in [2.45, 2.75) is 131 Å². The van der Waals surface area contributed by atoms with Gasteiger partial charge in [-0.05, 0) is 119 Å². The number of carbonyl (C=O) groups is 2. The van der Waals surface area contributed by atoms with Crippen LogP contribution in [-0.4, -0.2) is 76.5 Å². The van der Waals surface area contributed by atoms with E-state index in [0.717, 1.165) is 15.5 Å². The molecule has 3 aliphatic heterocycles. The van der Waals surface area contributed by atoms with E-state index in [1.54, 1.807) is 6.07 Å². The molecule has 0 bridgehead atoms. The van der Waals surface area contributed by atoms with Crippen LogP contribution in [0.2, 0.25) is 0 Å². The molecule has 18 heteroatoms. The highest BCUT2D eigenvalue weighted by molar-refractivity contribution is 9.10. The smallest absolute Gasteiger partial charge is 0.423 e. The minimum atomic E-state index is -0.476. The number of hydrogen-bond acceptors (Lipinski definition) is 12. The molecule has 290 valence electrons. The molecule has 3 fully saturated rings. The van der Waals surface area contributed by atoms with E-state index in [1.807, 2.05) is 113 Å². The zero-order valence-corrected chi connectivity index (χ0v) is 35.1. The summed E-state index contributed by atoms with van der Waals surface area (Å²) in [7, 11) is -1.41. The second-order valence-electron chi connectivity index (χ2n) is 16.6. The summed E-state index contributed by atoms with van der Waals surface area (Å²) in [6.07, 6.45) is 0. The standard InChI is InChI=1S/C15H19BN2O4.C12H24B2O4.C9H7BrN2O2/c1-9(19)17-13-18-11-7-6-10(8-12(11)20-13)16-21-14(2,3)15(4,5)22-16;1-9(2)10(3,4)16-13(15-9)14-17-11(5,6)12(7,8)18-14;1-5(13)11-9-12-7-3-2-6(10)4-8(7)14-9/h6-8H,1-5H3,(H,17,18,19);1-8H3;2-4H,1H3,(H,11,12,13). The summed E-state index contributed by atoms with van der Waals surface area (Å²) in [6, 6.07) is 11.4. The van der Waals surface area contributed by atoms with E-state index in [4.69, 9.17) is 36.8 Å². The number of rotatable bonds is 4. The first-order chi connectivity index (χ1) is 24.7. The number of oxazole rings is 2. The fourth-order valence-electron chi connectivity index (χ4n) is 5.37. The fourth-order valence-corrected chi connectivity index (χ4v) is 5.71. The van der Waals surface area contributed by atoms with Crippen molar-refractivity contribution in [3.05, 3.63) is 40.9 Å². The maximum absolute atomic E-state index is 11.1. The van der Waals surface area contributed by atoms with E-state index in [2.05, 4.69) is 36.5 Å². The molecule has 0 aliphatic carbocycles. The van der Waals surface area contributed by atoms with E-state index in [-0.39, 0.29) is 46.2 Å². The molecular weight excluding hydrogens is 761 g/mol. The Labute approximate surface area is 326 Å². The van der Waals surface area contributed by atoms with Crippen LogP contribution in [0.3, 0.4) is 0 Å². The molecule has 2 N–H and O–H groups in total. The Bertz CT molecular complexity index is 1950. The van der Waals surface area contributed by atoms with Crippen molar-refractivity contribution < 1.29 is 46.3 Å². The lowest BCUT2D eigenvalue weighted by molar-refractivity contribution is -0.115. The van der Waals surface area contributed by atoms with Crippen LogP contribution < -0.4 is 16.1 Å². The molecule has 2 aromatic carbocycles. The number of nitrogens with one attached hydrogen (secondary N) is 2. The molecular formula is C36H50B3BrN4O10. The third-order valence-corrected chi connectivity index (χ3v) is 11.1. The Kier molecular flexibility index (Phi) is 11.4. The molecule has 7 rings (SSSR count). The van der Waals surface area contributed by atoms with Gasteiger partial charge in [0.2, 0.25) is 11.8 Å². The molecule has 3 aliphatic rings. The second-order valence-corrected chi connectivity index (χ2v) is 17.5. The largest absolute Gasteiger partial charge is 0.494 e. The van der Waals surface area contributed by atoms with Gasteiger partial charge in [-0.1, -0.05) is 22.0 Å². The maximum atomic E-state index is 11.1. The number of fused-ring (bicyclic) bond motifs is 2. The van der Waals surface area contributed by atoms with Crippen molar-refractivity contribution >= 4 is 88.6 Å². The Hall–Kier alpha value is -3.25. The number of halogens is 1. The lowest BCUT2D eigenvalue weighted by atomic mass is 9.49. The van der Waals surface area contributed by atoms with Gasteiger partial charge in [-0.15, -0.1) is 0 Å². The summed E-state index contributed by atoms with van der Waals surface area (Å²) < 4.78 is 47.6. The van der Waals surface area contributed by atoms with Crippen LogP contribution >= 0.6 is 15.9 Å². The third kappa shape index (κ3) is 8.90. The van der Waals surface area contributed by atoms with Gasteiger partial charge in [0.1, 0.15) is 11.0 Å². The van der Waals surface area contributed by atoms with Gasteiger partial charge in [0.25, 0.3) is 0 Å². The molecule has 4 aromatic rings. The van der Waals surface area contributed by atoms with E-state index < -0.39 is 32.3 Å². The van der Waals surface area contributed by atoms with Crippen LogP contribution in [0.4, 0.5) is 12.0 Å². The zero-order valence-electron chi connectivity index (χ0n) is 33.6. The normalized spacial score (nSPS) is 21.4. The Morgan fingerprint density at radius 3 is 1.30 bits per heavy atom. The number of aromatic nitrogens is 2. The molecule has 2 amide bonds. The van der Waals surface area contributed by atoms with Crippen molar-refractivity contribution in [3.8, 4) is 0 Å². The molecule has 0 unspecified atom stereocenters. The van der Waals surface area contributed by atoms with Gasteiger partial charge in [0.05, 0.1) is 33.6 Å². The number of carbonyl (C=O) groups excluding carboxylic acids is 2. The zero-order chi connectivity index (χ0) is 40.2. The number of nitrogens with zero attached hydrogens (tertiary/aromatic N) is 2. The van der Waals surface area contributed by atoms with Gasteiger partial charge >= 0.3 is 33.2 Å². The molecule has 0 radical (unpaired) electrons. The molecule has 0 atom stereocenters. The predicted octanol–water partition coefficient (Wildman–Crippen LogP) is 6.88. The first kappa shape index (κ1) is 41.9. The van der Waals surface area contributed by atoms with E-state index in [0.29, 0.717) is 16.7 Å². The van der Waals surface area contributed by atoms with Crippen LogP contribution in [0.25, 0.3) is 22.2 Å². The highest BCUT2D eigenvalue weighted by Gasteiger charge is 2.63. The van der Waals surface area contributed by atoms with Crippen molar-refractivity contribution in [2.75, 3.05) is 10.6 Å². The summed E-state index contributed by atoms with van der Waals surface area (Å²) in [4.78, 5) is 30.1. The van der Waals surface area contributed by atoms with E-state index >= 15 is 0 Å². The number of benzene rings is 2. The Balaban J connectivity index is 0.000000160. The fraction of sp³-hybridized carbons (Fsp3) is 0.556. The van der Waals surface area contributed by atoms with Crippen molar-refractivity contribution in [1.29, 1.82) is 0 Å². The van der Waals surface area contributed by atoms with Gasteiger partial charge < -0.3 is 36.8 Å². The van der Waals surface area contributed by atoms with Crippen LogP contribution in [0.5, 0.6) is 0 Å². The summed E-state index contributed by atoms with van der Waals surface area (Å²) in [5.41, 5.74) is 1.24. The number of hydrogen-bond donors (Lipinski definition) is 2. The summed E-state index contributed by atoms with van der Waals surface area (Å²) in [6.45, 7) is 27.1. The topological polar surface area (TPSA) is 166 Å². The average molecular weight is 811 g/mol. The first-order valence-electron chi connectivity index (χ1n) is 17.8. The lowest BCUT2D eigenvalue weighted by Gasteiger charge is -2.32. The third-order valence-electron chi connectivity index (χ3n) is 10.6. The van der Waals surface area contributed by atoms with E-state index in [1.165, 1.54) is 13.8 Å².